The summed E-state index contributed by atoms with van der Waals surface area (Å²) in [7, 11) is 3.02. The van der Waals surface area contributed by atoms with Gasteiger partial charge in [0.05, 0.1) is 25.9 Å². The summed E-state index contributed by atoms with van der Waals surface area (Å²) in [5, 5.41) is 15.1. The van der Waals surface area contributed by atoms with Crippen LogP contribution < -0.4 is 15.4 Å². The highest BCUT2D eigenvalue weighted by molar-refractivity contribution is 5.90. The van der Waals surface area contributed by atoms with Crippen LogP contribution in [0.15, 0.2) is 24.3 Å². The van der Waals surface area contributed by atoms with Gasteiger partial charge in [0, 0.05) is 7.11 Å². The first kappa shape index (κ1) is 15.3. The van der Waals surface area contributed by atoms with Crippen LogP contribution in [0.3, 0.4) is 0 Å². The molecule has 1 atom stereocenters. The van der Waals surface area contributed by atoms with E-state index in [0.717, 1.165) is 0 Å². The summed E-state index contributed by atoms with van der Waals surface area (Å²) >= 11 is 0. The van der Waals surface area contributed by atoms with Gasteiger partial charge in [0.1, 0.15) is 11.4 Å². The minimum absolute atomic E-state index is 0.0851. The second-order valence-electron chi connectivity index (χ2n) is 4.44. The maximum atomic E-state index is 11.7. The van der Waals surface area contributed by atoms with E-state index in [2.05, 4.69) is 10.6 Å². The third kappa shape index (κ3) is 5.15. The maximum absolute atomic E-state index is 11.7. The predicted octanol–water partition coefficient (Wildman–Crippen LogP) is 1.21. The van der Waals surface area contributed by atoms with Crippen LogP contribution >= 0.6 is 0 Å². The Bertz CT molecular complexity index is 421. The molecule has 0 radical (unpaired) electrons. The van der Waals surface area contributed by atoms with Crippen LogP contribution in [0.25, 0.3) is 0 Å². The summed E-state index contributed by atoms with van der Waals surface area (Å²) in [4.78, 5) is 11.7. The van der Waals surface area contributed by atoms with Crippen LogP contribution in [0, 0.1) is 0 Å². The molecule has 0 saturated heterocycles. The van der Waals surface area contributed by atoms with Gasteiger partial charge in [-0.2, -0.15) is 0 Å². The summed E-state index contributed by atoms with van der Waals surface area (Å²) in [6.45, 7) is 1.81. The van der Waals surface area contributed by atoms with Gasteiger partial charge in [-0.3, -0.25) is 0 Å². The molecule has 0 aliphatic rings. The van der Waals surface area contributed by atoms with Gasteiger partial charge in [-0.25, -0.2) is 4.79 Å². The van der Waals surface area contributed by atoms with Gasteiger partial charge in [0.15, 0.2) is 0 Å². The number of rotatable bonds is 6. The van der Waals surface area contributed by atoms with Crippen molar-refractivity contribution in [3.8, 4) is 5.75 Å². The zero-order valence-corrected chi connectivity index (χ0v) is 11.4. The topological polar surface area (TPSA) is 79.8 Å². The minimum Gasteiger partial charge on any atom is -0.495 e. The molecule has 0 aliphatic carbocycles. The average molecular weight is 268 g/mol. The number of nitrogens with one attached hydrogen (secondary N) is 2. The number of carbonyl (C=O) groups excluding carboxylic acids is 1. The Labute approximate surface area is 112 Å². The number of hydrogen-bond donors (Lipinski definition) is 3. The summed E-state index contributed by atoms with van der Waals surface area (Å²) in [5.41, 5.74) is -0.541. The molecule has 0 saturated carbocycles. The van der Waals surface area contributed by atoms with Gasteiger partial charge in [0.2, 0.25) is 0 Å². The van der Waals surface area contributed by atoms with Crippen molar-refractivity contribution in [3.63, 3.8) is 0 Å². The normalized spacial score (nSPS) is 13.5. The molecular formula is C13H20N2O4. The van der Waals surface area contributed by atoms with Gasteiger partial charge in [-0.15, -0.1) is 0 Å². The summed E-state index contributed by atoms with van der Waals surface area (Å²) in [5.74, 6) is 0.571. The first-order chi connectivity index (χ1) is 8.98. The molecule has 6 heteroatoms. The molecule has 0 fully saturated rings. The van der Waals surface area contributed by atoms with Gasteiger partial charge in [0.25, 0.3) is 0 Å². The lowest BCUT2D eigenvalue weighted by molar-refractivity contribution is -0.0133. The molecule has 1 aromatic rings. The second-order valence-corrected chi connectivity index (χ2v) is 4.44. The Morgan fingerprint density at radius 2 is 2.05 bits per heavy atom. The van der Waals surface area contributed by atoms with E-state index >= 15 is 0 Å². The predicted molar refractivity (Wildman–Crippen MR) is 72.5 cm³/mol. The lowest BCUT2D eigenvalue weighted by atomic mass is 10.1. The number of hydrogen-bond acceptors (Lipinski definition) is 4. The van der Waals surface area contributed by atoms with Crippen LogP contribution in [0.4, 0.5) is 10.5 Å². The molecule has 0 spiro atoms. The Morgan fingerprint density at radius 3 is 2.68 bits per heavy atom. The Kier molecular flexibility index (Phi) is 5.59. The van der Waals surface area contributed by atoms with E-state index in [-0.39, 0.29) is 13.2 Å². The molecule has 0 heterocycles. The highest BCUT2D eigenvalue weighted by Crippen LogP contribution is 2.22. The number of amides is 2. The number of aliphatic hydroxyl groups is 1. The van der Waals surface area contributed by atoms with E-state index in [0.29, 0.717) is 11.4 Å². The zero-order valence-electron chi connectivity index (χ0n) is 11.4. The fourth-order valence-corrected chi connectivity index (χ4v) is 1.55. The van der Waals surface area contributed by atoms with E-state index in [1.807, 2.05) is 6.07 Å². The first-order valence-electron chi connectivity index (χ1n) is 5.88. The highest BCUT2D eigenvalue weighted by atomic mass is 16.5. The maximum Gasteiger partial charge on any atom is 0.319 e. The molecule has 1 aromatic carbocycles. The number of benzene rings is 1. The zero-order chi connectivity index (χ0) is 14.3. The second kappa shape index (κ2) is 6.96. The first-order valence-corrected chi connectivity index (χ1v) is 5.88. The molecular weight excluding hydrogens is 248 g/mol. The third-order valence-corrected chi connectivity index (χ3v) is 2.44. The monoisotopic (exact) mass is 268 g/mol. The summed E-state index contributed by atoms with van der Waals surface area (Å²) in [6.07, 6.45) is 0. The van der Waals surface area contributed by atoms with Crippen molar-refractivity contribution >= 4 is 11.7 Å². The van der Waals surface area contributed by atoms with Crippen LogP contribution in [0.2, 0.25) is 0 Å². The molecule has 3 N–H and O–H groups in total. The fourth-order valence-electron chi connectivity index (χ4n) is 1.55. The lowest BCUT2D eigenvalue weighted by Crippen LogP contribution is -2.45. The van der Waals surface area contributed by atoms with Crippen molar-refractivity contribution in [3.05, 3.63) is 24.3 Å². The number of ether oxygens (including phenoxy) is 2. The van der Waals surface area contributed by atoms with Gasteiger partial charge in [-0.05, 0) is 19.1 Å². The molecule has 2 amide bonds. The molecule has 106 valence electrons. The Hall–Kier alpha value is -1.79. The molecule has 19 heavy (non-hydrogen) atoms. The Balaban J connectivity index is 2.52. The summed E-state index contributed by atoms with van der Waals surface area (Å²) in [6, 6.07) is 6.66. The standard InChI is InChI=1S/C13H20N2O4/c1-13(17,9-18-2)8-14-12(16)15-10-6-4-5-7-11(10)19-3/h4-7,17H,8-9H2,1-3H3,(H2,14,15,16). The minimum atomic E-state index is -1.10. The van der Waals surface area contributed by atoms with E-state index < -0.39 is 11.6 Å². The number of urea groups is 1. The molecule has 1 rings (SSSR count). The van der Waals surface area contributed by atoms with Crippen molar-refractivity contribution in [1.29, 1.82) is 0 Å². The van der Waals surface area contributed by atoms with Gasteiger partial charge < -0.3 is 25.2 Å². The van der Waals surface area contributed by atoms with Crippen molar-refractivity contribution in [1.82, 2.24) is 5.32 Å². The SMILES string of the molecule is COCC(C)(O)CNC(=O)Nc1ccccc1OC. The number of para-hydroxylation sites is 2. The van der Waals surface area contributed by atoms with Crippen molar-refractivity contribution in [2.75, 3.05) is 32.7 Å². The van der Waals surface area contributed by atoms with Gasteiger partial charge >= 0.3 is 6.03 Å². The fraction of sp³-hybridized carbons (Fsp3) is 0.462. The van der Waals surface area contributed by atoms with Crippen molar-refractivity contribution < 1.29 is 19.4 Å². The van der Waals surface area contributed by atoms with E-state index in [1.165, 1.54) is 14.2 Å². The van der Waals surface area contributed by atoms with Gasteiger partial charge in [-0.1, -0.05) is 12.1 Å². The molecule has 0 aliphatic heterocycles. The smallest absolute Gasteiger partial charge is 0.319 e. The van der Waals surface area contributed by atoms with E-state index in [1.54, 1.807) is 25.1 Å². The largest absolute Gasteiger partial charge is 0.495 e. The summed E-state index contributed by atoms with van der Waals surface area (Å²) < 4.78 is 9.97. The van der Waals surface area contributed by atoms with E-state index in [9.17, 15) is 9.90 Å². The molecule has 0 bridgehead atoms. The van der Waals surface area contributed by atoms with Crippen LogP contribution in [-0.2, 0) is 4.74 Å². The van der Waals surface area contributed by atoms with Crippen LogP contribution in [-0.4, -0.2) is 44.1 Å². The Morgan fingerprint density at radius 1 is 1.37 bits per heavy atom. The van der Waals surface area contributed by atoms with Crippen molar-refractivity contribution in [2.24, 2.45) is 0 Å². The number of methoxy groups -OCH3 is 2. The van der Waals surface area contributed by atoms with Crippen LogP contribution in [0.5, 0.6) is 5.75 Å². The quantitative estimate of drug-likeness (QED) is 0.724. The number of carbonyl (C=O) groups is 1. The number of anilines is 1. The van der Waals surface area contributed by atoms with Crippen molar-refractivity contribution in [2.45, 2.75) is 12.5 Å². The molecule has 1 unspecified atom stereocenters. The van der Waals surface area contributed by atoms with E-state index in [4.69, 9.17) is 9.47 Å². The molecule has 6 nitrogen and oxygen atoms in total. The third-order valence-electron chi connectivity index (χ3n) is 2.44. The average Bonchev–Trinajstić information content (AvgIpc) is 2.37. The lowest BCUT2D eigenvalue weighted by Gasteiger charge is -2.22. The highest BCUT2D eigenvalue weighted by Gasteiger charge is 2.21. The van der Waals surface area contributed by atoms with Crippen LogP contribution in [0.1, 0.15) is 6.92 Å². The molecule has 0 aromatic heterocycles.